The third-order valence-electron chi connectivity index (χ3n) is 5.99. The van der Waals surface area contributed by atoms with Crippen LogP contribution in [0.15, 0.2) is 78.4 Å². The number of carbonyl (C=O) groups excluding carboxylic acids is 2. The Balaban J connectivity index is 1.88. The maximum Gasteiger partial charge on any atom is 0.300 e. The van der Waals surface area contributed by atoms with E-state index in [1.165, 1.54) is 4.90 Å². The van der Waals surface area contributed by atoms with Gasteiger partial charge >= 0.3 is 0 Å². The fourth-order valence-electron chi connectivity index (χ4n) is 4.28. The van der Waals surface area contributed by atoms with Crippen LogP contribution in [0.1, 0.15) is 43.5 Å². The van der Waals surface area contributed by atoms with Crippen molar-refractivity contribution in [3.8, 4) is 11.5 Å². The van der Waals surface area contributed by atoms with Crippen molar-refractivity contribution in [3.63, 3.8) is 0 Å². The summed E-state index contributed by atoms with van der Waals surface area (Å²) in [6, 6.07) is 20.8. The number of benzene rings is 3. The van der Waals surface area contributed by atoms with Crippen molar-refractivity contribution in [2.75, 3.05) is 18.1 Å². The Morgan fingerprint density at radius 1 is 0.857 bits per heavy atom. The minimum Gasteiger partial charge on any atom is -0.507 e. The molecule has 1 aliphatic rings. The lowest BCUT2D eigenvalue weighted by Gasteiger charge is -2.26. The first kappa shape index (κ1) is 24.1. The van der Waals surface area contributed by atoms with E-state index in [9.17, 15) is 14.7 Å². The van der Waals surface area contributed by atoms with Crippen LogP contribution in [-0.4, -0.2) is 30.0 Å². The maximum absolute atomic E-state index is 13.3. The summed E-state index contributed by atoms with van der Waals surface area (Å²) in [6.07, 6.45) is 0.855. The highest BCUT2D eigenvalue weighted by molar-refractivity contribution is 6.51. The summed E-state index contributed by atoms with van der Waals surface area (Å²) in [5, 5.41) is 11.3. The number of aliphatic hydroxyl groups excluding tert-OH is 1. The third kappa shape index (κ3) is 4.78. The number of aliphatic hydroxyl groups is 1. The Hall–Kier alpha value is -4.06. The Labute approximate surface area is 205 Å². The number of carbonyl (C=O) groups is 2. The molecule has 6 heteroatoms. The van der Waals surface area contributed by atoms with Gasteiger partial charge in [0.15, 0.2) is 0 Å². The molecule has 0 saturated carbocycles. The molecule has 0 aromatic heterocycles. The molecule has 1 amide bonds. The lowest BCUT2D eigenvalue weighted by molar-refractivity contribution is -0.132. The average Bonchev–Trinajstić information content (AvgIpc) is 3.15. The third-order valence-corrected chi connectivity index (χ3v) is 5.99. The van der Waals surface area contributed by atoms with Crippen LogP contribution in [0.3, 0.4) is 0 Å². The minimum absolute atomic E-state index is 0.0433. The van der Waals surface area contributed by atoms with Gasteiger partial charge in [-0.15, -0.1) is 0 Å². The van der Waals surface area contributed by atoms with Crippen LogP contribution < -0.4 is 14.4 Å². The van der Waals surface area contributed by atoms with Crippen molar-refractivity contribution >= 4 is 23.1 Å². The Kier molecular flexibility index (Phi) is 7.20. The van der Waals surface area contributed by atoms with Crippen molar-refractivity contribution in [2.45, 2.75) is 33.2 Å². The van der Waals surface area contributed by atoms with Crippen LogP contribution >= 0.6 is 0 Å². The standard InChI is InChI=1S/C29H29NO5/c1-4-19-10-12-20(13-11-19)27(31)25-26(21-8-7-9-24(18-21)35-6-3)30(29(33)28(25)32)22-14-16-23(17-15-22)34-5-2/h7-18,26,31H,4-6H2,1-3H3/b27-25-. The van der Waals surface area contributed by atoms with E-state index < -0.39 is 17.7 Å². The molecule has 1 aliphatic heterocycles. The molecule has 35 heavy (non-hydrogen) atoms. The number of hydrogen-bond acceptors (Lipinski definition) is 5. The predicted molar refractivity (Wildman–Crippen MR) is 136 cm³/mol. The van der Waals surface area contributed by atoms with Gasteiger partial charge in [-0.25, -0.2) is 0 Å². The van der Waals surface area contributed by atoms with E-state index in [0.29, 0.717) is 41.5 Å². The van der Waals surface area contributed by atoms with Gasteiger partial charge in [-0.05, 0) is 67.8 Å². The van der Waals surface area contributed by atoms with Crippen molar-refractivity contribution < 1.29 is 24.2 Å². The number of Topliss-reactive ketones (excluding diaryl/α,β-unsaturated/α-hetero) is 1. The van der Waals surface area contributed by atoms with Crippen LogP contribution in [0.5, 0.6) is 11.5 Å². The monoisotopic (exact) mass is 471 g/mol. The zero-order valence-electron chi connectivity index (χ0n) is 20.2. The number of rotatable bonds is 8. The molecule has 6 nitrogen and oxygen atoms in total. The summed E-state index contributed by atoms with van der Waals surface area (Å²) >= 11 is 0. The van der Waals surface area contributed by atoms with Gasteiger partial charge < -0.3 is 14.6 Å². The van der Waals surface area contributed by atoms with Crippen LogP contribution in [-0.2, 0) is 16.0 Å². The molecule has 0 bridgehead atoms. The molecule has 0 spiro atoms. The van der Waals surface area contributed by atoms with Gasteiger partial charge in [-0.2, -0.15) is 0 Å². The van der Waals surface area contributed by atoms with Crippen LogP contribution in [0.2, 0.25) is 0 Å². The second kappa shape index (κ2) is 10.5. The number of amides is 1. The van der Waals surface area contributed by atoms with Crippen LogP contribution in [0.4, 0.5) is 5.69 Å². The molecular weight excluding hydrogens is 442 g/mol. The van der Waals surface area contributed by atoms with Crippen molar-refractivity contribution in [1.82, 2.24) is 0 Å². The second-order valence-electron chi connectivity index (χ2n) is 8.15. The Morgan fingerprint density at radius 2 is 1.51 bits per heavy atom. The minimum atomic E-state index is -0.820. The van der Waals surface area contributed by atoms with E-state index in [2.05, 4.69) is 0 Å². The zero-order valence-corrected chi connectivity index (χ0v) is 20.2. The molecule has 3 aromatic carbocycles. The normalized spacial score (nSPS) is 17.0. The number of ketones is 1. The number of hydrogen-bond donors (Lipinski definition) is 1. The molecule has 1 heterocycles. The fourth-order valence-corrected chi connectivity index (χ4v) is 4.28. The summed E-state index contributed by atoms with van der Waals surface area (Å²) in [5.74, 6) is -0.352. The SMILES string of the molecule is CCOc1ccc(N2C(=O)C(=O)/C(=C(\O)c3ccc(CC)cc3)C2c2cccc(OCC)c2)cc1. The number of aryl methyl sites for hydroxylation is 1. The predicted octanol–water partition coefficient (Wildman–Crippen LogP) is 5.67. The molecular formula is C29H29NO5. The lowest BCUT2D eigenvalue weighted by atomic mass is 9.94. The summed E-state index contributed by atoms with van der Waals surface area (Å²) in [7, 11) is 0. The number of nitrogens with zero attached hydrogens (tertiary/aromatic N) is 1. The highest BCUT2D eigenvalue weighted by Crippen LogP contribution is 2.43. The van der Waals surface area contributed by atoms with Gasteiger partial charge in [-0.3, -0.25) is 14.5 Å². The number of anilines is 1. The zero-order chi connectivity index (χ0) is 24.9. The highest BCUT2D eigenvalue weighted by atomic mass is 16.5. The molecule has 0 radical (unpaired) electrons. The topological polar surface area (TPSA) is 76.1 Å². The molecule has 3 aromatic rings. The van der Waals surface area contributed by atoms with Gasteiger partial charge in [-0.1, -0.05) is 43.3 Å². The lowest BCUT2D eigenvalue weighted by Crippen LogP contribution is -2.29. The number of ether oxygens (including phenoxy) is 2. The largest absolute Gasteiger partial charge is 0.507 e. The highest BCUT2D eigenvalue weighted by Gasteiger charge is 2.47. The van der Waals surface area contributed by atoms with Crippen LogP contribution in [0.25, 0.3) is 5.76 Å². The Bertz CT molecular complexity index is 1240. The molecule has 1 fully saturated rings. The quantitative estimate of drug-likeness (QED) is 0.260. The Morgan fingerprint density at radius 3 is 2.14 bits per heavy atom. The van der Waals surface area contributed by atoms with Crippen molar-refractivity contribution in [3.05, 3.63) is 95.1 Å². The molecule has 180 valence electrons. The van der Waals surface area contributed by atoms with Gasteiger partial charge in [0.05, 0.1) is 24.8 Å². The van der Waals surface area contributed by atoms with E-state index in [1.54, 1.807) is 42.5 Å². The molecule has 0 aliphatic carbocycles. The van der Waals surface area contributed by atoms with Gasteiger partial charge in [0.2, 0.25) is 0 Å². The van der Waals surface area contributed by atoms with Gasteiger partial charge in [0.1, 0.15) is 17.3 Å². The molecule has 1 saturated heterocycles. The fraction of sp³-hybridized carbons (Fsp3) is 0.241. The van der Waals surface area contributed by atoms with E-state index >= 15 is 0 Å². The van der Waals surface area contributed by atoms with E-state index in [0.717, 1.165) is 12.0 Å². The molecule has 4 rings (SSSR count). The summed E-state index contributed by atoms with van der Waals surface area (Å²) in [4.78, 5) is 28.1. The van der Waals surface area contributed by atoms with Crippen LogP contribution in [0, 0.1) is 0 Å². The van der Waals surface area contributed by atoms with Gasteiger partial charge in [0, 0.05) is 11.3 Å². The van der Waals surface area contributed by atoms with Crippen molar-refractivity contribution in [1.29, 1.82) is 0 Å². The molecule has 1 atom stereocenters. The average molecular weight is 472 g/mol. The summed E-state index contributed by atoms with van der Waals surface area (Å²) < 4.78 is 11.2. The van der Waals surface area contributed by atoms with E-state index in [4.69, 9.17) is 9.47 Å². The maximum atomic E-state index is 13.3. The van der Waals surface area contributed by atoms with E-state index in [-0.39, 0.29) is 11.3 Å². The summed E-state index contributed by atoms with van der Waals surface area (Å²) in [6.45, 7) is 6.82. The first-order valence-electron chi connectivity index (χ1n) is 11.8. The first-order valence-corrected chi connectivity index (χ1v) is 11.8. The molecule has 1 N–H and O–H groups in total. The smallest absolute Gasteiger partial charge is 0.300 e. The summed E-state index contributed by atoms with van der Waals surface area (Å²) in [5.41, 5.74) is 2.83. The second-order valence-corrected chi connectivity index (χ2v) is 8.15. The van der Waals surface area contributed by atoms with E-state index in [1.807, 2.05) is 51.1 Å². The van der Waals surface area contributed by atoms with Crippen molar-refractivity contribution in [2.24, 2.45) is 0 Å². The van der Waals surface area contributed by atoms with Gasteiger partial charge in [0.25, 0.3) is 11.7 Å². The first-order chi connectivity index (χ1) is 17.0. The molecule has 1 unspecified atom stereocenters.